The van der Waals surface area contributed by atoms with Crippen molar-refractivity contribution in [2.75, 3.05) is 18.5 Å². The molecule has 0 unspecified atom stereocenters. The maximum Gasteiger partial charge on any atom is 0.145 e. The highest BCUT2D eigenvalue weighted by atomic mass is 32.2. The van der Waals surface area contributed by atoms with Crippen LogP contribution >= 0.6 is 11.8 Å². The second kappa shape index (κ2) is 7.71. The fourth-order valence-corrected chi connectivity index (χ4v) is 5.94. The first-order chi connectivity index (χ1) is 12.7. The first-order valence-electron chi connectivity index (χ1n) is 10.3. The van der Waals surface area contributed by atoms with Crippen molar-refractivity contribution in [2.45, 2.75) is 81.4 Å². The molecule has 0 radical (unpaired) electrons. The van der Waals surface area contributed by atoms with Gasteiger partial charge in [0.2, 0.25) is 0 Å². The summed E-state index contributed by atoms with van der Waals surface area (Å²) in [7, 11) is 2.16. The molecule has 2 atom stereocenters. The number of hydrogen-bond acceptors (Lipinski definition) is 5. The maximum atomic E-state index is 5.24. The summed E-state index contributed by atoms with van der Waals surface area (Å²) in [5, 5.41) is 0.281. The van der Waals surface area contributed by atoms with E-state index in [2.05, 4.69) is 30.8 Å². The molecule has 1 aliphatic carbocycles. The number of aromatic nitrogens is 2. The van der Waals surface area contributed by atoms with Crippen molar-refractivity contribution in [3.05, 3.63) is 23.2 Å². The van der Waals surface area contributed by atoms with Crippen molar-refractivity contribution < 1.29 is 0 Å². The van der Waals surface area contributed by atoms with Crippen LogP contribution in [-0.2, 0) is 0 Å². The zero-order valence-electron chi connectivity index (χ0n) is 16.3. The number of hydrogen-bond donors (Lipinski definition) is 0. The summed E-state index contributed by atoms with van der Waals surface area (Å²) in [6.07, 6.45) is 11.5. The van der Waals surface area contributed by atoms with Crippen LogP contribution in [0.2, 0.25) is 0 Å². The first-order valence-corrected chi connectivity index (χ1v) is 11.1. The number of aliphatic imine (C=N–C) groups is 1. The van der Waals surface area contributed by atoms with Gasteiger partial charge in [0.05, 0.1) is 16.5 Å². The second-order valence-electron chi connectivity index (χ2n) is 7.71. The molecule has 0 saturated carbocycles. The lowest BCUT2D eigenvalue weighted by Crippen LogP contribution is -2.22. The average Bonchev–Trinajstić information content (AvgIpc) is 3.27. The Morgan fingerprint density at radius 2 is 2.00 bits per heavy atom. The van der Waals surface area contributed by atoms with Crippen LogP contribution < -0.4 is 4.90 Å². The predicted molar refractivity (Wildman–Crippen MR) is 110 cm³/mol. The van der Waals surface area contributed by atoms with E-state index in [-0.39, 0.29) is 5.37 Å². The molecule has 4 nitrogen and oxygen atoms in total. The van der Waals surface area contributed by atoms with E-state index in [1.165, 1.54) is 61.2 Å². The Balaban J connectivity index is 1.68. The number of nitrogens with zero attached hydrogens (tertiary/aromatic N) is 4. The van der Waals surface area contributed by atoms with Gasteiger partial charge < -0.3 is 4.90 Å². The Morgan fingerprint density at radius 1 is 1.15 bits per heavy atom. The average molecular weight is 371 g/mol. The zero-order valence-corrected chi connectivity index (χ0v) is 17.1. The molecule has 3 heterocycles. The monoisotopic (exact) mass is 370 g/mol. The van der Waals surface area contributed by atoms with E-state index in [0.29, 0.717) is 5.92 Å². The number of dihydropyridines is 1. The normalized spacial score (nSPS) is 23.6. The third kappa shape index (κ3) is 3.08. The van der Waals surface area contributed by atoms with Gasteiger partial charge in [0.1, 0.15) is 17.5 Å². The molecular weight excluding hydrogens is 340 g/mol. The number of fused-ring (bicyclic) bond motifs is 4. The van der Waals surface area contributed by atoms with Crippen LogP contribution in [0.1, 0.15) is 76.8 Å². The summed E-state index contributed by atoms with van der Waals surface area (Å²) in [6, 6.07) is 0. The van der Waals surface area contributed by atoms with Gasteiger partial charge in [-0.15, -0.1) is 0 Å². The number of thioether (sulfide) groups is 1. The van der Waals surface area contributed by atoms with Gasteiger partial charge in [0, 0.05) is 19.3 Å². The summed E-state index contributed by atoms with van der Waals surface area (Å²) in [6.45, 7) is 5.56. The van der Waals surface area contributed by atoms with Crippen molar-refractivity contribution in [3.8, 4) is 0 Å². The summed E-state index contributed by atoms with van der Waals surface area (Å²) in [4.78, 5) is 18.2. The molecule has 0 bridgehead atoms. The number of anilines is 1. The lowest BCUT2D eigenvalue weighted by molar-refractivity contribution is 0.689. The van der Waals surface area contributed by atoms with Crippen molar-refractivity contribution in [2.24, 2.45) is 4.99 Å². The molecule has 0 fully saturated rings. The van der Waals surface area contributed by atoms with Crippen LogP contribution in [0, 0.1) is 0 Å². The first kappa shape index (κ1) is 18.0. The SMILES string of the molecule is CCCCC1=N[C@H]2Sc3c(ncnc3N(C)CCCC)[C@H]2C2=C1CCC2. The molecule has 2 aliphatic heterocycles. The molecule has 0 amide bonds. The Morgan fingerprint density at radius 3 is 2.81 bits per heavy atom. The Hall–Kier alpha value is -1.36. The molecule has 0 saturated heterocycles. The highest BCUT2D eigenvalue weighted by Crippen LogP contribution is 2.56. The summed E-state index contributed by atoms with van der Waals surface area (Å²) >= 11 is 1.91. The van der Waals surface area contributed by atoms with E-state index in [1.807, 2.05) is 11.8 Å². The lowest BCUT2D eigenvalue weighted by Gasteiger charge is -2.26. The number of rotatable bonds is 7. The van der Waals surface area contributed by atoms with Gasteiger partial charge in [-0.1, -0.05) is 44.0 Å². The Kier molecular flexibility index (Phi) is 5.35. The number of allylic oxidation sites excluding steroid dienone is 1. The van der Waals surface area contributed by atoms with Crippen LogP contribution in [0.5, 0.6) is 0 Å². The van der Waals surface area contributed by atoms with Crippen molar-refractivity contribution >= 4 is 23.3 Å². The third-order valence-corrected chi connectivity index (χ3v) is 7.12. The van der Waals surface area contributed by atoms with Gasteiger partial charge in [0.15, 0.2) is 0 Å². The molecule has 3 aliphatic rings. The minimum Gasteiger partial charge on any atom is -0.359 e. The molecule has 0 spiro atoms. The zero-order chi connectivity index (χ0) is 18.1. The third-order valence-electron chi connectivity index (χ3n) is 5.87. The van der Waals surface area contributed by atoms with Gasteiger partial charge >= 0.3 is 0 Å². The van der Waals surface area contributed by atoms with E-state index >= 15 is 0 Å². The van der Waals surface area contributed by atoms with E-state index in [0.717, 1.165) is 18.8 Å². The molecule has 140 valence electrons. The predicted octanol–water partition coefficient (Wildman–Crippen LogP) is 5.35. The molecule has 5 heteroatoms. The highest BCUT2D eigenvalue weighted by Gasteiger charge is 2.44. The quantitative estimate of drug-likeness (QED) is 0.648. The molecule has 4 rings (SSSR count). The van der Waals surface area contributed by atoms with Crippen LogP contribution in [0.3, 0.4) is 0 Å². The number of unbranched alkanes of at least 4 members (excludes halogenated alkanes) is 2. The highest BCUT2D eigenvalue weighted by molar-refractivity contribution is 8.00. The fourth-order valence-electron chi connectivity index (χ4n) is 4.48. The van der Waals surface area contributed by atoms with Crippen LogP contribution in [0.15, 0.2) is 27.4 Å². The van der Waals surface area contributed by atoms with Crippen LogP contribution in [-0.4, -0.2) is 34.6 Å². The van der Waals surface area contributed by atoms with E-state index in [1.54, 1.807) is 17.5 Å². The van der Waals surface area contributed by atoms with E-state index in [4.69, 9.17) is 9.98 Å². The second-order valence-corrected chi connectivity index (χ2v) is 8.84. The molecule has 0 N–H and O–H groups in total. The van der Waals surface area contributed by atoms with Crippen molar-refractivity contribution in [1.82, 2.24) is 9.97 Å². The minimum absolute atomic E-state index is 0.281. The van der Waals surface area contributed by atoms with Gasteiger partial charge in [0.25, 0.3) is 0 Å². The smallest absolute Gasteiger partial charge is 0.145 e. The largest absolute Gasteiger partial charge is 0.359 e. The van der Waals surface area contributed by atoms with Gasteiger partial charge in [-0.3, -0.25) is 4.99 Å². The van der Waals surface area contributed by atoms with Crippen LogP contribution in [0.4, 0.5) is 5.82 Å². The Bertz CT molecular complexity index is 740. The summed E-state index contributed by atoms with van der Waals surface area (Å²) in [5.74, 6) is 1.49. The van der Waals surface area contributed by atoms with Gasteiger partial charge in [-0.25, -0.2) is 9.97 Å². The molecule has 1 aromatic rings. The van der Waals surface area contributed by atoms with Crippen LogP contribution in [0.25, 0.3) is 0 Å². The molecule has 26 heavy (non-hydrogen) atoms. The molecular formula is C21H30N4S. The van der Waals surface area contributed by atoms with Crippen molar-refractivity contribution in [1.29, 1.82) is 0 Å². The Labute approximate surface area is 161 Å². The topological polar surface area (TPSA) is 41.4 Å². The molecule has 1 aromatic heterocycles. The van der Waals surface area contributed by atoms with E-state index in [9.17, 15) is 0 Å². The lowest BCUT2D eigenvalue weighted by atomic mass is 9.87. The van der Waals surface area contributed by atoms with E-state index < -0.39 is 0 Å². The van der Waals surface area contributed by atoms with Gasteiger partial charge in [-0.05, 0) is 44.1 Å². The van der Waals surface area contributed by atoms with Crippen molar-refractivity contribution in [3.63, 3.8) is 0 Å². The van der Waals surface area contributed by atoms with Gasteiger partial charge in [-0.2, -0.15) is 0 Å². The summed E-state index contributed by atoms with van der Waals surface area (Å²) < 4.78 is 0. The minimum atomic E-state index is 0.281. The fraction of sp³-hybridized carbons (Fsp3) is 0.667. The standard InChI is InChI=1S/C21H30N4S/c1-4-6-11-16-14-9-8-10-15(14)17-18-19(26-21(17)24-16)20(23-13-22-18)25(3)12-7-5-2/h13,17,21H,4-12H2,1-3H3/t17-,21+/m1/s1. The molecule has 0 aromatic carbocycles. The summed E-state index contributed by atoms with van der Waals surface area (Å²) in [5.41, 5.74) is 5.85. The maximum absolute atomic E-state index is 5.24.